The predicted octanol–water partition coefficient (Wildman–Crippen LogP) is 4.65. The lowest BCUT2D eigenvalue weighted by Gasteiger charge is -2.29. The molecule has 0 amide bonds. The zero-order chi connectivity index (χ0) is 9.71. The summed E-state index contributed by atoms with van der Waals surface area (Å²) in [5, 5.41) is 0.536. The number of halogens is 3. The molecule has 0 saturated heterocycles. The van der Waals surface area contributed by atoms with Gasteiger partial charge in [0.25, 0.3) is 0 Å². The van der Waals surface area contributed by atoms with Crippen molar-refractivity contribution >= 4 is 41.7 Å². The SMILES string of the molecule is CC(C)(C)[Si](C)(C)Cl.ClCCl. The summed E-state index contributed by atoms with van der Waals surface area (Å²) in [6.45, 7) is 11.0. The van der Waals surface area contributed by atoms with Crippen molar-refractivity contribution in [2.45, 2.75) is 38.9 Å². The molecule has 0 bridgehead atoms. The molecular weight excluding hydrogens is 219 g/mol. The van der Waals surface area contributed by atoms with Crippen LogP contribution in [0.1, 0.15) is 20.8 Å². The second-order valence-electron chi connectivity index (χ2n) is 3.82. The molecule has 0 aromatic rings. The van der Waals surface area contributed by atoms with Gasteiger partial charge in [-0.15, -0.1) is 23.2 Å². The van der Waals surface area contributed by atoms with E-state index in [1.807, 2.05) is 0 Å². The van der Waals surface area contributed by atoms with E-state index in [2.05, 4.69) is 33.9 Å². The van der Waals surface area contributed by atoms with E-state index in [1.54, 1.807) is 0 Å². The van der Waals surface area contributed by atoms with E-state index < -0.39 is 7.38 Å². The van der Waals surface area contributed by atoms with Gasteiger partial charge in [-0.05, 0) is 5.04 Å². The maximum absolute atomic E-state index is 6.15. The Morgan fingerprint density at radius 2 is 1.18 bits per heavy atom. The van der Waals surface area contributed by atoms with Crippen molar-refractivity contribution in [3.8, 4) is 0 Å². The third-order valence-electron chi connectivity index (χ3n) is 1.78. The molecule has 0 aliphatic rings. The maximum atomic E-state index is 6.15. The van der Waals surface area contributed by atoms with E-state index >= 15 is 0 Å². The maximum Gasteiger partial charge on any atom is 0.155 e. The highest BCUT2D eigenvalue weighted by Crippen LogP contribution is 2.38. The predicted molar refractivity (Wildman–Crippen MR) is 59.6 cm³/mol. The van der Waals surface area contributed by atoms with Gasteiger partial charge in [0.2, 0.25) is 0 Å². The molecule has 0 aromatic heterocycles. The number of hydrogen-bond donors (Lipinski definition) is 0. The van der Waals surface area contributed by atoms with E-state index in [4.69, 9.17) is 34.3 Å². The lowest BCUT2D eigenvalue weighted by atomic mass is 10.2. The zero-order valence-electron chi connectivity index (χ0n) is 7.84. The minimum atomic E-state index is -1.39. The van der Waals surface area contributed by atoms with Gasteiger partial charge in [0, 0.05) is 0 Å². The first-order chi connectivity index (χ1) is 4.66. The number of rotatable bonds is 0. The standard InChI is InChI=1S/C6H15ClSi.CH2Cl2/c1-6(2,3)8(4,5)7;2-1-3/h1-5H3;1H2. The fraction of sp³-hybridized carbons (Fsp3) is 1.00. The molecule has 0 aliphatic heterocycles. The molecule has 0 fully saturated rings. The van der Waals surface area contributed by atoms with Crippen LogP contribution in [0.4, 0.5) is 0 Å². The molecule has 0 heterocycles. The van der Waals surface area contributed by atoms with Crippen molar-refractivity contribution in [1.82, 2.24) is 0 Å². The Balaban J connectivity index is 0. The topological polar surface area (TPSA) is 0 Å². The summed E-state index contributed by atoms with van der Waals surface area (Å²) in [5.41, 5.74) is 0. The average Bonchev–Trinajstić information content (AvgIpc) is 1.60. The Kier molecular flexibility index (Phi) is 7.55. The van der Waals surface area contributed by atoms with Crippen molar-refractivity contribution < 1.29 is 0 Å². The zero-order valence-corrected chi connectivity index (χ0v) is 11.1. The first-order valence-electron chi connectivity index (χ1n) is 3.47. The molecule has 0 aliphatic carbocycles. The van der Waals surface area contributed by atoms with Crippen LogP contribution in [0.3, 0.4) is 0 Å². The molecule has 70 valence electrons. The van der Waals surface area contributed by atoms with Gasteiger partial charge in [0.1, 0.15) is 0 Å². The summed E-state index contributed by atoms with van der Waals surface area (Å²) in [7, 11) is -1.39. The van der Waals surface area contributed by atoms with Crippen LogP contribution in [0, 0.1) is 0 Å². The molecule has 0 unspecified atom stereocenters. The first-order valence-corrected chi connectivity index (χ1v) is 8.55. The minimum Gasteiger partial charge on any atom is -0.167 e. The van der Waals surface area contributed by atoms with E-state index in [0.717, 1.165) is 0 Å². The molecule has 0 spiro atoms. The Labute approximate surface area is 85.9 Å². The van der Waals surface area contributed by atoms with Gasteiger partial charge < -0.3 is 0 Å². The van der Waals surface area contributed by atoms with E-state index in [0.29, 0.717) is 5.04 Å². The molecule has 0 atom stereocenters. The molecule has 0 N–H and O–H groups in total. The largest absolute Gasteiger partial charge is 0.167 e. The Bertz CT molecular complexity index is 78.8. The van der Waals surface area contributed by atoms with Gasteiger partial charge in [-0.3, -0.25) is 0 Å². The molecule has 0 rings (SSSR count). The highest BCUT2D eigenvalue weighted by molar-refractivity contribution is 7.20. The fourth-order valence-corrected chi connectivity index (χ4v) is 0. The Morgan fingerprint density at radius 1 is 1.09 bits per heavy atom. The third-order valence-corrected chi connectivity index (χ3v) is 7.05. The first kappa shape index (κ1) is 14.6. The second-order valence-corrected chi connectivity index (χ2v) is 11.9. The smallest absolute Gasteiger partial charge is 0.155 e. The van der Waals surface area contributed by atoms with Crippen molar-refractivity contribution in [3.05, 3.63) is 0 Å². The van der Waals surface area contributed by atoms with Gasteiger partial charge >= 0.3 is 0 Å². The van der Waals surface area contributed by atoms with Gasteiger partial charge in [0.15, 0.2) is 7.38 Å². The summed E-state index contributed by atoms with van der Waals surface area (Å²) < 4.78 is 0. The average molecular weight is 236 g/mol. The normalized spacial score (nSPS) is 12.0. The summed E-state index contributed by atoms with van der Waals surface area (Å²) in [6, 6.07) is 0. The number of hydrogen-bond acceptors (Lipinski definition) is 0. The van der Waals surface area contributed by atoms with Crippen molar-refractivity contribution in [2.24, 2.45) is 0 Å². The third kappa shape index (κ3) is 9.00. The van der Waals surface area contributed by atoms with Gasteiger partial charge in [-0.2, -0.15) is 11.1 Å². The molecule has 11 heavy (non-hydrogen) atoms. The molecule has 4 heteroatoms. The van der Waals surface area contributed by atoms with Crippen molar-refractivity contribution in [1.29, 1.82) is 0 Å². The van der Waals surface area contributed by atoms with Crippen LogP contribution < -0.4 is 0 Å². The lowest BCUT2D eigenvalue weighted by Crippen LogP contribution is -2.29. The molecule has 0 saturated carbocycles. The van der Waals surface area contributed by atoms with Gasteiger partial charge in [0.05, 0.1) is 5.34 Å². The quantitative estimate of drug-likeness (QED) is 0.326. The van der Waals surface area contributed by atoms with Crippen molar-refractivity contribution in [3.63, 3.8) is 0 Å². The summed E-state index contributed by atoms with van der Waals surface area (Å²) in [4.78, 5) is 0. The Hall–Kier alpha value is 1.09. The molecule has 0 aromatic carbocycles. The van der Waals surface area contributed by atoms with Gasteiger partial charge in [-0.1, -0.05) is 33.9 Å². The van der Waals surface area contributed by atoms with Crippen LogP contribution in [-0.4, -0.2) is 12.7 Å². The van der Waals surface area contributed by atoms with Gasteiger partial charge in [-0.25, -0.2) is 0 Å². The van der Waals surface area contributed by atoms with Crippen LogP contribution >= 0.6 is 34.3 Å². The Morgan fingerprint density at radius 3 is 1.18 bits per heavy atom. The molecule has 0 radical (unpaired) electrons. The van der Waals surface area contributed by atoms with Crippen LogP contribution in [0.15, 0.2) is 0 Å². The summed E-state index contributed by atoms with van der Waals surface area (Å²) in [5.74, 6) is 0. The highest BCUT2D eigenvalue weighted by atomic mass is 35.6. The summed E-state index contributed by atoms with van der Waals surface area (Å²) >= 11 is 15.7. The molecular formula is C7H17Cl3Si. The summed E-state index contributed by atoms with van der Waals surface area (Å²) in [6.07, 6.45) is 0. The molecule has 0 nitrogen and oxygen atoms in total. The van der Waals surface area contributed by atoms with Crippen molar-refractivity contribution in [2.75, 3.05) is 5.34 Å². The van der Waals surface area contributed by atoms with Crippen LogP contribution in [-0.2, 0) is 0 Å². The lowest BCUT2D eigenvalue weighted by molar-refractivity contribution is 0.735. The van der Waals surface area contributed by atoms with E-state index in [-0.39, 0.29) is 5.34 Å². The second kappa shape index (κ2) is 5.68. The highest BCUT2D eigenvalue weighted by Gasteiger charge is 2.32. The minimum absolute atomic E-state index is 0.194. The monoisotopic (exact) mass is 234 g/mol. The van der Waals surface area contributed by atoms with E-state index in [9.17, 15) is 0 Å². The number of alkyl halides is 2. The fourth-order valence-electron chi connectivity index (χ4n) is 0. The van der Waals surface area contributed by atoms with Crippen LogP contribution in [0.25, 0.3) is 0 Å². The van der Waals surface area contributed by atoms with E-state index in [1.165, 1.54) is 0 Å². The van der Waals surface area contributed by atoms with Crippen LogP contribution in [0.5, 0.6) is 0 Å². The van der Waals surface area contributed by atoms with Crippen LogP contribution in [0.2, 0.25) is 18.1 Å².